The van der Waals surface area contributed by atoms with Crippen molar-refractivity contribution in [3.63, 3.8) is 0 Å². The average molecular weight is 282 g/mol. The standard InChI is InChI=1S/C15H20ClNO2/c1-15(2)18-9-14(19-15)8-17-13-6-10-3-4-12(16)5-11(10)7-13/h3-5,13-14,17H,6-9H2,1-2H3. The van der Waals surface area contributed by atoms with Crippen molar-refractivity contribution in [3.8, 4) is 0 Å². The molecule has 1 aliphatic carbocycles. The van der Waals surface area contributed by atoms with Gasteiger partial charge in [0.25, 0.3) is 0 Å². The van der Waals surface area contributed by atoms with E-state index >= 15 is 0 Å². The first kappa shape index (κ1) is 13.4. The number of nitrogens with one attached hydrogen (secondary N) is 1. The van der Waals surface area contributed by atoms with Crippen LogP contribution in [-0.4, -0.2) is 31.1 Å². The van der Waals surface area contributed by atoms with E-state index in [2.05, 4.69) is 17.4 Å². The van der Waals surface area contributed by atoms with Crippen LogP contribution in [0.5, 0.6) is 0 Å². The van der Waals surface area contributed by atoms with Crippen LogP contribution in [-0.2, 0) is 22.3 Å². The van der Waals surface area contributed by atoms with E-state index in [0.29, 0.717) is 12.6 Å². The fraction of sp³-hybridized carbons (Fsp3) is 0.600. The van der Waals surface area contributed by atoms with Crippen molar-refractivity contribution in [2.45, 2.75) is 44.6 Å². The maximum absolute atomic E-state index is 6.03. The molecule has 0 spiro atoms. The third kappa shape index (κ3) is 3.11. The minimum absolute atomic E-state index is 0.155. The predicted molar refractivity (Wildman–Crippen MR) is 75.6 cm³/mol. The molecule has 0 radical (unpaired) electrons. The minimum atomic E-state index is -0.432. The van der Waals surface area contributed by atoms with Crippen LogP contribution in [0.15, 0.2) is 18.2 Å². The lowest BCUT2D eigenvalue weighted by Crippen LogP contribution is -2.37. The van der Waals surface area contributed by atoms with Crippen molar-refractivity contribution in [2.75, 3.05) is 13.2 Å². The molecule has 2 atom stereocenters. The molecule has 1 aromatic carbocycles. The molecule has 3 rings (SSSR count). The molecule has 0 amide bonds. The zero-order valence-corrected chi connectivity index (χ0v) is 12.2. The number of ether oxygens (including phenoxy) is 2. The highest BCUT2D eigenvalue weighted by Gasteiger charge is 2.33. The lowest BCUT2D eigenvalue weighted by atomic mass is 10.1. The first-order valence-electron chi connectivity index (χ1n) is 6.84. The number of hydrogen-bond donors (Lipinski definition) is 1. The first-order valence-corrected chi connectivity index (χ1v) is 7.22. The molecule has 2 aliphatic rings. The highest BCUT2D eigenvalue weighted by molar-refractivity contribution is 6.30. The molecule has 0 saturated carbocycles. The molecule has 1 aliphatic heterocycles. The van der Waals surface area contributed by atoms with E-state index < -0.39 is 5.79 Å². The molecule has 0 bridgehead atoms. The van der Waals surface area contributed by atoms with Gasteiger partial charge in [-0.25, -0.2) is 0 Å². The lowest BCUT2D eigenvalue weighted by molar-refractivity contribution is -0.137. The predicted octanol–water partition coefficient (Wildman–Crippen LogP) is 2.55. The van der Waals surface area contributed by atoms with Gasteiger partial charge in [0.2, 0.25) is 0 Å². The Balaban J connectivity index is 1.51. The van der Waals surface area contributed by atoms with E-state index in [9.17, 15) is 0 Å². The molecule has 3 nitrogen and oxygen atoms in total. The number of rotatable bonds is 3. The lowest BCUT2D eigenvalue weighted by Gasteiger charge is -2.19. The van der Waals surface area contributed by atoms with Gasteiger partial charge in [-0.15, -0.1) is 0 Å². The fourth-order valence-corrected chi connectivity index (χ4v) is 3.09. The Hall–Kier alpha value is -0.610. The van der Waals surface area contributed by atoms with E-state index in [1.165, 1.54) is 11.1 Å². The summed E-state index contributed by atoms with van der Waals surface area (Å²) in [5, 5.41) is 4.41. The fourth-order valence-electron chi connectivity index (χ4n) is 2.89. The molecule has 4 heteroatoms. The van der Waals surface area contributed by atoms with E-state index in [0.717, 1.165) is 24.4 Å². The van der Waals surface area contributed by atoms with E-state index in [1.54, 1.807) is 0 Å². The van der Waals surface area contributed by atoms with Gasteiger partial charge >= 0.3 is 0 Å². The van der Waals surface area contributed by atoms with Gasteiger partial charge in [0, 0.05) is 17.6 Å². The van der Waals surface area contributed by atoms with Crippen molar-refractivity contribution in [1.29, 1.82) is 0 Å². The Bertz CT molecular complexity index is 475. The van der Waals surface area contributed by atoms with Gasteiger partial charge in [-0.1, -0.05) is 17.7 Å². The SMILES string of the molecule is CC1(C)OCC(CNC2Cc3ccc(Cl)cc3C2)O1. The number of fused-ring (bicyclic) bond motifs is 1. The molecule has 0 aromatic heterocycles. The zero-order valence-electron chi connectivity index (χ0n) is 11.4. The Morgan fingerprint density at radius 2 is 2.11 bits per heavy atom. The molecule has 1 saturated heterocycles. The van der Waals surface area contributed by atoms with E-state index in [1.807, 2.05) is 19.9 Å². The quantitative estimate of drug-likeness (QED) is 0.924. The summed E-state index contributed by atoms with van der Waals surface area (Å²) in [5.41, 5.74) is 2.78. The molecular formula is C15H20ClNO2. The molecule has 1 heterocycles. The smallest absolute Gasteiger partial charge is 0.163 e. The van der Waals surface area contributed by atoms with E-state index in [4.69, 9.17) is 21.1 Å². The van der Waals surface area contributed by atoms with Crippen LogP contribution in [0.3, 0.4) is 0 Å². The Kier molecular flexibility index (Phi) is 3.56. The monoisotopic (exact) mass is 281 g/mol. The average Bonchev–Trinajstić information content (AvgIpc) is 2.89. The first-order chi connectivity index (χ1) is 9.02. The van der Waals surface area contributed by atoms with Crippen molar-refractivity contribution >= 4 is 11.6 Å². The summed E-state index contributed by atoms with van der Waals surface area (Å²) >= 11 is 6.03. The maximum atomic E-state index is 6.03. The van der Waals surface area contributed by atoms with Crippen LogP contribution >= 0.6 is 11.6 Å². The van der Waals surface area contributed by atoms with Gasteiger partial charge in [0.15, 0.2) is 5.79 Å². The van der Waals surface area contributed by atoms with Crippen LogP contribution in [0.1, 0.15) is 25.0 Å². The van der Waals surface area contributed by atoms with Gasteiger partial charge in [-0.3, -0.25) is 0 Å². The summed E-state index contributed by atoms with van der Waals surface area (Å²) in [6.45, 7) is 5.43. The summed E-state index contributed by atoms with van der Waals surface area (Å²) in [4.78, 5) is 0. The normalized spacial score (nSPS) is 28.6. The van der Waals surface area contributed by atoms with E-state index in [-0.39, 0.29) is 6.10 Å². The van der Waals surface area contributed by atoms with Crippen molar-refractivity contribution in [2.24, 2.45) is 0 Å². The molecule has 2 unspecified atom stereocenters. The molecular weight excluding hydrogens is 262 g/mol. The second kappa shape index (κ2) is 5.06. The minimum Gasteiger partial charge on any atom is -0.348 e. The van der Waals surface area contributed by atoms with Gasteiger partial charge in [0.1, 0.15) is 0 Å². The van der Waals surface area contributed by atoms with Crippen LogP contribution in [0.2, 0.25) is 5.02 Å². The van der Waals surface area contributed by atoms with Crippen LogP contribution in [0, 0.1) is 0 Å². The van der Waals surface area contributed by atoms with Crippen LogP contribution in [0.25, 0.3) is 0 Å². The van der Waals surface area contributed by atoms with Crippen molar-refractivity contribution < 1.29 is 9.47 Å². The zero-order chi connectivity index (χ0) is 13.5. The van der Waals surface area contributed by atoms with Gasteiger partial charge in [-0.05, 0) is 49.9 Å². The highest BCUT2D eigenvalue weighted by Crippen LogP contribution is 2.26. The molecule has 1 aromatic rings. The number of benzene rings is 1. The Morgan fingerprint density at radius 3 is 2.84 bits per heavy atom. The van der Waals surface area contributed by atoms with Crippen molar-refractivity contribution in [1.82, 2.24) is 5.32 Å². The summed E-state index contributed by atoms with van der Waals surface area (Å²) in [6.07, 6.45) is 2.28. The largest absolute Gasteiger partial charge is 0.348 e. The van der Waals surface area contributed by atoms with Crippen LogP contribution < -0.4 is 5.32 Å². The summed E-state index contributed by atoms with van der Waals surface area (Å²) in [7, 11) is 0. The number of halogens is 1. The molecule has 1 fully saturated rings. The highest BCUT2D eigenvalue weighted by atomic mass is 35.5. The molecule has 19 heavy (non-hydrogen) atoms. The van der Waals surface area contributed by atoms with Gasteiger partial charge < -0.3 is 14.8 Å². The summed E-state index contributed by atoms with van der Waals surface area (Å²) in [5.74, 6) is -0.432. The molecule has 1 N–H and O–H groups in total. The maximum Gasteiger partial charge on any atom is 0.163 e. The number of hydrogen-bond acceptors (Lipinski definition) is 3. The Labute approximate surface area is 119 Å². The summed E-state index contributed by atoms with van der Waals surface area (Å²) in [6, 6.07) is 6.68. The van der Waals surface area contributed by atoms with Crippen molar-refractivity contribution in [3.05, 3.63) is 34.3 Å². The second-order valence-electron chi connectivity index (χ2n) is 5.88. The van der Waals surface area contributed by atoms with Gasteiger partial charge in [-0.2, -0.15) is 0 Å². The topological polar surface area (TPSA) is 30.5 Å². The van der Waals surface area contributed by atoms with Crippen LogP contribution in [0.4, 0.5) is 0 Å². The second-order valence-corrected chi connectivity index (χ2v) is 6.31. The summed E-state index contributed by atoms with van der Waals surface area (Å²) < 4.78 is 11.4. The van der Waals surface area contributed by atoms with Gasteiger partial charge in [0.05, 0.1) is 12.7 Å². The third-order valence-corrected chi connectivity index (χ3v) is 4.04. The third-order valence-electron chi connectivity index (χ3n) is 3.80. The Morgan fingerprint density at radius 1 is 1.32 bits per heavy atom. The molecule has 104 valence electrons.